The van der Waals surface area contributed by atoms with Crippen molar-refractivity contribution in [3.8, 4) is 11.5 Å². The third-order valence-corrected chi connectivity index (χ3v) is 5.06. The molecule has 0 aliphatic rings. The average molecular weight is 395 g/mol. The Morgan fingerprint density at radius 1 is 1.12 bits per heavy atom. The van der Waals surface area contributed by atoms with E-state index in [0.29, 0.717) is 32.9 Å². The Kier molecular flexibility index (Phi) is 6.82. The lowest BCUT2D eigenvalue weighted by Crippen LogP contribution is -2.20. The van der Waals surface area contributed by atoms with Crippen LogP contribution in [0.5, 0.6) is 11.5 Å². The second-order valence-electron chi connectivity index (χ2n) is 5.37. The Labute approximate surface area is 162 Å². The first-order valence-corrected chi connectivity index (χ1v) is 9.17. The summed E-state index contributed by atoms with van der Waals surface area (Å²) in [6.45, 7) is 3.98. The molecule has 0 spiro atoms. The van der Waals surface area contributed by atoms with Crippen molar-refractivity contribution in [3.05, 3.63) is 34.2 Å². The Hall–Kier alpha value is -2.32. The van der Waals surface area contributed by atoms with Gasteiger partial charge in [-0.1, -0.05) is 6.92 Å². The Morgan fingerprint density at radius 3 is 2.23 bits per heavy atom. The minimum atomic E-state index is -0.375. The lowest BCUT2D eigenvalue weighted by atomic mass is 10.1. The minimum absolute atomic E-state index is 0.356. The van der Waals surface area contributed by atoms with Crippen LogP contribution >= 0.6 is 23.6 Å². The van der Waals surface area contributed by atoms with Crippen molar-refractivity contribution in [2.24, 2.45) is 0 Å². The second-order valence-corrected chi connectivity index (χ2v) is 7.00. The number of aryl methyl sites for hydroxylation is 1. The number of ether oxygens (including phenoxy) is 3. The lowest BCUT2D eigenvalue weighted by Gasteiger charge is -2.13. The number of carbonyl (C=O) groups excluding carboxylic acids is 1. The predicted molar refractivity (Wildman–Crippen MR) is 109 cm³/mol. The van der Waals surface area contributed by atoms with Crippen LogP contribution in [0.15, 0.2) is 18.2 Å². The van der Waals surface area contributed by atoms with E-state index in [1.165, 1.54) is 18.4 Å². The van der Waals surface area contributed by atoms with Crippen molar-refractivity contribution in [1.29, 1.82) is 0 Å². The van der Waals surface area contributed by atoms with Gasteiger partial charge in [-0.15, -0.1) is 11.3 Å². The number of thiocarbonyl (C=S) groups is 1. The first-order valence-electron chi connectivity index (χ1n) is 7.95. The summed E-state index contributed by atoms with van der Waals surface area (Å²) in [7, 11) is 4.54. The topological polar surface area (TPSA) is 68.8 Å². The summed E-state index contributed by atoms with van der Waals surface area (Å²) < 4.78 is 15.4. The molecule has 0 saturated heterocycles. The summed E-state index contributed by atoms with van der Waals surface area (Å²) in [5.74, 6) is 0.912. The quantitative estimate of drug-likeness (QED) is 0.561. The summed E-state index contributed by atoms with van der Waals surface area (Å²) in [5, 5.41) is 7.21. The van der Waals surface area contributed by atoms with Gasteiger partial charge in [-0.2, -0.15) is 0 Å². The molecule has 1 aromatic carbocycles. The van der Waals surface area contributed by atoms with E-state index >= 15 is 0 Å². The summed E-state index contributed by atoms with van der Waals surface area (Å²) in [5.41, 5.74) is 2.21. The van der Waals surface area contributed by atoms with Gasteiger partial charge in [0.2, 0.25) is 0 Å². The molecule has 0 aliphatic heterocycles. The molecular weight excluding hydrogens is 372 g/mol. The van der Waals surface area contributed by atoms with Crippen LogP contribution in [0.25, 0.3) is 0 Å². The van der Waals surface area contributed by atoms with Crippen LogP contribution in [-0.4, -0.2) is 32.4 Å². The van der Waals surface area contributed by atoms with Crippen molar-refractivity contribution >= 4 is 45.3 Å². The normalized spacial score (nSPS) is 10.2. The van der Waals surface area contributed by atoms with E-state index in [-0.39, 0.29) is 5.97 Å². The molecule has 2 N–H and O–H groups in total. The van der Waals surface area contributed by atoms with Crippen LogP contribution in [0.1, 0.15) is 27.7 Å². The summed E-state index contributed by atoms with van der Waals surface area (Å²) in [6, 6.07) is 5.37. The number of esters is 1. The molecule has 1 aromatic heterocycles. The van der Waals surface area contributed by atoms with E-state index in [1.807, 2.05) is 13.8 Å². The number of carbonyl (C=O) groups is 1. The van der Waals surface area contributed by atoms with Gasteiger partial charge in [-0.3, -0.25) is 0 Å². The molecule has 140 valence electrons. The van der Waals surface area contributed by atoms with Gasteiger partial charge in [0.25, 0.3) is 0 Å². The zero-order chi connectivity index (χ0) is 19.3. The van der Waals surface area contributed by atoms with Crippen molar-refractivity contribution in [2.45, 2.75) is 20.3 Å². The van der Waals surface area contributed by atoms with Crippen LogP contribution in [0.3, 0.4) is 0 Å². The first-order chi connectivity index (χ1) is 12.4. The third kappa shape index (κ3) is 4.44. The molecular formula is C18H22N2O4S2. The van der Waals surface area contributed by atoms with Crippen LogP contribution in [0.4, 0.5) is 10.7 Å². The van der Waals surface area contributed by atoms with Crippen LogP contribution in [0.2, 0.25) is 0 Å². The van der Waals surface area contributed by atoms with Gasteiger partial charge in [0.1, 0.15) is 16.5 Å². The number of nitrogens with one attached hydrogen (secondary N) is 2. The first kappa shape index (κ1) is 20.0. The molecule has 0 bridgehead atoms. The maximum Gasteiger partial charge on any atom is 0.341 e. The SMILES string of the molecule is CCc1c(C)sc(NC(=S)Nc2cc(OC)cc(OC)c2)c1C(=O)OC. The zero-order valence-corrected chi connectivity index (χ0v) is 17.0. The molecule has 0 fully saturated rings. The molecule has 1 heterocycles. The standard InChI is InChI=1S/C18H22N2O4S2/c1-6-14-10(2)26-16(15(14)17(21)24-5)20-18(25)19-11-7-12(22-3)9-13(8-11)23-4/h7-9H,6H2,1-5H3,(H2,19,20,25). The summed E-state index contributed by atoms with van der Waals surface area (Å²) in [4.78, 5) is 13.2. The van der Waals surface area contributed by atoms with E-state index in [2.05, 4.69) is 10.6 Å². The smallest absolute Gasteiger partial charge is 0.341 e. The predicted octanol–water partition coefficient (Wildman–Crippen LogP) is 4.23. The Morgan fingerprint density at radius 2 is 1.73 bits per heavy atom. The highest BCUT2D eigenvalue weighted by molar-refractivity contribution is 7.80. The molecule has 0 saturated carbocycles. The number of anilines is 2. The highest BCUT2D eigenvalue weighted by atomic mass is 32.1. The van der Waals surface area contributed by atoms with Gasteiger partial charge >= 0.3 is 5.97 Å². The fourth-order valence-electron chi connectivity index (χ4n) is 2.56. The highest BCUT2D eigenvalue weighted by Gasteiger charge is 2.22. The lowest BCUT2D eigenvalue weighted by molar-refractivity contribution is 0.0601. The molecule has 0 radical (unpaired) electrons. The highest BCUT2D eigenvalue weighted by Crippen LogP contribution is 2.34. The maximum atomic E-state index is 12.2. The number of thiophene rings is 1. The van der Waals surface area contributed by atoms with Crippen molar-refractivity contribution in [1.82, 2.24) is 0 Å². The van der Waals surface area contributed by atoms with Gasteiger partial charge in [0.05, 0.1) is 26.9 Å². The number of methoxy groups -OCH3 is 3. The monoisotopic (exact) mass is 394 g/mol. The second kappa shape index (κ2) is 8.86. The third-order valence-electron chi connectivity index (χ3n) is 3.79. The Bertz CT molecular complexity index is 796. The molecule has 26 heavy (non-hydrogen) atoms. The van der Waals surface area contributed by atoms with E-state index in [9.17, 15) is 4.79 Å². The van der Waals surface area contributed by atoms with Gasteiger partial charge in [0.15, 0.2) is 5.11 Å². The van der Waals surface area contributed by atoms with Gasteiger partial charge in [0, 0.05) is 28.8 Å². The number of rotatable bonds is 6. The Balaban J connectivity index is 2.24. The number of benzene rings is 1. The zero-order valence-electron chi connectivity index (χ0n) is 15.4. The van der Waals surface area contributed by atoms with Crippen molar-refractivity contribution in [3.63, 3.8) is 0 Å². The maximum absolute atomic E-state index is 12.2. The molecule has 2 rings (SSSR count). The minimum Gasteiger partial charge on any atom is -0.497 e. The fraction of sp³-hybridized carbons (Fsp3) is 0.333. The average Bonchev–Trinajstić information content (AvgIpc) is 2.95. The van der Waals surface area contributed by atoms with Crippen LogP contribution in [0, 0.1) is 6.92 Å². The number of hydrogen-bond acceptors (Lipinski definition) is 6. The number of hydrogen-bond donors (Lipinski definition) is 2. The van der Waals surface area contributed by atoms with E-state index < -0.39 is 0 Å². The van der Waals surface area contributed by atoms with Gasteiger partial charge < -0.3 is 24.8 Å². The fourth-order valence-corrected chi connectivity index (χ4v) is 3.98. The van der Waals surface area contributed by atoms with Crippen LogP contribution in [-0.2, 0) is 11.2 Å². The van der Waals surface area contributed by atoms with E-state index in [4.69, 9.17) is 26.4 Å². The van der Waals surface area contributed by atoms with E-state index in [0.717, 1.165) is 16.9 Å². The van der Waals surface area contributed by atoms with Crippen molar-refractivity contribution < 1.29 is 19.0 Å². The largest absolute Gasteiger partial charge is 0.497 e. The van der Waals surface area contributed by atoms with Gasteiger partial charge in [-0.05, 0) is 31.1 Å². The van der Waals surface area contributed by atoms with Crippen molar-refractivity contribution in [2.75, 3.05) is 32.0 Å². The van der Waals surface area contributed by atoms with E-state index in [1.54, 1.807) is 32.4 Å². The van der Waals surface area contributed by atoms with Crippen LogP contribution < -0.4 is 20.1 Å². The molecule has 6 nitrogen and oxygen atoms in total. The summed E-state index contributed by atoms with van der Waals surface area (Å²) >= 11 is 6.87. The molecule has 0 amide bonds. The van der Waals surface area contributed by atoms with Gasteiger partial charge in [-0.25, -0.2) is 4.79 Å². The molecule has 2 aromatic rings. The molecule has 8 heteroatoms. The molecule has 0 atom stereocenters. The summed E-state index contributed by atoms with van der Waals surface area (Å²) in [6.07, 6.45) is 0.738. The molecule has 0 aliphatic carbocycles. The molecule has 0 unspecified atom stereocenters.